The van der Waals surface area contributed by atoms with Crippen LogP contribution in [0.15, 0.2) is 24.3 Å². The Kier molecular flexibility index (Phi) is 20.0. The number of anilines is 1. The van der Waals surface area contributed by atoms with Crippen LogP contribution in [-0.4, -0.2) is 50.7 Å². The Balaban J connectivity index is 1.86. The standard InChI is InChI=1S/C29H49N3O5/c1-2-3-4-5-6-7-8-9-10-11-12-13-14-19-27(33)31-20-21-36-22-23-37-24-28(34)32-26-18-16-15-17-25(26)29(30)35/h15-18H,2-14,19-24H2,1H3,(H2,30,35)(H,31,33)(H,32,34). The molecule has 8 nitrogen and oxygen atoms in total. The summed E-state index contributed by atoms with van der Waals surface area (Å²) in [4.78, 5) is 35.2. The maximum atomic E-state index is 12.0. The third-order valence-electron chi connectivity index (χ3n) is 6.15. The van der Waals surface area contributed by atoms with E-state index in [0.717, 1.165) is 12.8 Å². The van der Waals surface area contributed by atoms with Gasteiger partial charge in [-0.05, 0) is 18.6 Å². The number of hydrogen-bond acceptors (Lipinski definition) is 5. The van der Waals surface area contributed by atoms with E-state index >= 15 is 0 Å². The molecule has 1 rings (SSSR count). The van der Waals surface area contributed by atoms with E-state index in [9.17, 15) is 14.4 Å². The van der Waals surface area contributed by atoms with Crippen LogP contribution in [0.3, 0.4) is 0 Å². The van der Waals surface area contributed by atoms with Gasteiger partial charge in [0.2, 0.25) is 11.8 Å². The predicted molar refractivity (Wildman–Crippen MR) is 149 cm³/mol. The maximum absolute atomic E-state index is 12.0. The Morgan fingerprint density at radius 2 is 1.30 bits per heavy atom. The molecule has 0 saturated heterocycles. The zero-order valence-corrected chi connectivity index (χ0v) is 22.9. The number of primary amides is 1. The maximum Gasteiger partial charge on any atom is 0.250 e. The summed E-state index contributed by atoms with van der Waals surface area (Å²) in [6.45, 7) is 3.52. The van der Waals surface area contributed by atoms with Crippen LogP contribution in [-0.2, 0) is 19.1 Å². The number of amides is 3. The van der Waals surface area contributed by atoms with Gasteiger partial charge in [0.15, 0.2) is 0 Å². The van der Waals surface area contributed by atoms with Gasteiger partial charge in [0.25, 0.3) is 5.91 Å². The fourth-order valence-electron chi connectivity index (χ4n) is 4.03. The van der Waals surface area contributed by atoms with E-state index in [1.807, 2.05) is 0 Å². The van der Waals surface area contributed by atoms with Crippen molar-refractivity contribution in [3.05, 3.63) is 29.8 Å². The van der Waals surface area contributed by atoms with Gasteiger partial charge in [0, 0.05) is 13.0 Å². The van der Waals surface area contributed by atoms with E-state index in [2.05, 4.69) is 17.6 Å². The van der Waals surface area contributed by atoms with Gasteiger partial charge < -0.3 is 25.8 Å². The molecule has 0 heterocycles. The summed E-state index contributed by atoms with van der Waals surface area (Å²) >= 11 is 0. The first kappa shape index (κ1) is 32.6. The van der Waals surface area contributed by atoms with Gasteiger partial charge in [-0.2, -0.15) is 0 Å². The largest absolute Gasteiger partial charge is 0.377 e. The Hall–Kier alpha value is -2.45. The van der Waals surface area contributed by atoms with Gasteiger partial charge in [-0.15, -0.1) is 0 Å². The van der Waals surface area contributed by atoms with Gasteiger partial charge >= 0.3 is 0 Å². The molecule has 0 saturated carbocycles. The molecule has 37 heavy (non-hydrogen) atoms. The molecule has 0 aliphatic rings. The highest BCUT2D eigenvalue weighted by atomic mass is 16.5. The lowest BCUT2D eigenvalue weighted by Crippen LogP contribution is -2.27. The summed E-state index contributed by atoms with van der Waals surface area (Å²) in [6, 6.07) is 6.53. The fourth-order valence-corrected chi connectivity index (χ4v) is 4.03. The zero-order chi connectivity index (χ0) is 27.0. The van der Waals surface area contributed by atoms with Gasteiger partial charge in [0.1, 0.15) is 6.61 Å². The molecular weight excluding hydrogens is 470 g/mol. The van der Waals surface area contributed by atoms with Crippen LogP contribution < -0.4 is 16.4 Å². The average Bonchev–Trinajstić information content (AvgIpc) is 2.88. The van der Waals surface area contributed by atoms with Crippen LogP contribution in [0.1, 0.15) is 107 Å². The summed E-state index contributed by atoms with van der Waals surface area (Å²) in [5.74, 6) is -0.924. The number of carbonyl (C=O) groups is 3. The lowest BCUT2D eigenvalue weighted by atomic mass is 10.0. The molecule has 0 fully saturated rings. The normalized spacial score (nSPS) is 10.8. The van der Waals surface area contributed by atoms with E-state index in [-0.39, 0.29) is 30.6 Å². The quantitative estimate of drug-likeness (QED) is 0.159. The molecule has 0 bridgehead atoms. The fraction of sp³-hybridized carbons (Fsp3) is 0.690. The minimum atomic E-state index is -0.610. The van der Waals surface area contributed by atoms with Crippen LogP contribution in [0.2, 0.25) is 0 Å². The highest BCUT2D eigenvalue weighted by Gasteiger charge is 2.10. The number of rotatable bonds is 24. The van der Waals surface area contributed by atoms with Crippen LogP contribution in [0.25, 0.3) is 0 Å². The summed E-state index contributed by atoms with van der Waals surface area (Å²) in [5.41, 5.74) is 5.90. The minimum absolute atomic E-state index is 0.0656. The van der Waals surface area contributed by atoms with E-state index in [0.29, 0.717) is 31.9 Å². The molecule has 210 valence electrons. The molecule has 8 heteroatoms. The molecule has 0 atom stereocenters. The van der Waals surface area contributed by atoms with Crippen molar-refractivity contribution in [2.24, 2.45) is 5.73 Å². The SMILES string of the molecule is CCCCCCCCCCCCCCCC(=O)NCCOCCOCC(=O)Nc1ccccc1C(N)=O. The first-order valence-corrected chi connectivity index (χ1v) is 14.2. The monoisotopic (exact) mass is 519 g/mol. The summed E-state index contributed by atoms with van der Waals surface area (Å²) in [6.07, 6.45) is 17.4. The number of carbonyl (C=O) groups excluding carboxylic acids is 3. The highest BCUT2D eigenvalue weighted by Crippen LogP contribution is 2.14. The van der Waals surface area contributed by atoms with Crippen LogP contribution in [0, 0.1) is 0 Å². The van der Waals surface area contributed by atoms with Crippen LogP contribution in [0.4, 0.5) is 5.69 Å². The summed E-state index contributed by atoms with van der Waals surface area (Å²) < 4.78 is 10.7. The first-order chi connectivity index (χ1) is 18.0. The van der Waals surface area contributed by atoms with Crippen molar-refractivity contribution in [1.82, 2.24) is 5.32 Å². The third kappa shape index (κ3) is 18.4. The van der Waals surface area contributed by atoms with Crippen molar-refractivity contribution >= 4 is 23.4 Å². The third-order valence-corrected chi connectivity index (χ3v) is 6.15. The van der Waals surface area contributed by atoms with Crippen molar-refractivity contribution in [2.75, 3.05) is 38.3 Å². The molecule has 0 aliphatic carbocycles. The Morgan fingerprint density at radius 1 is 0.730 bits per heavy atom. The molecule has 1 aromatic carbocycles. The van der Waals surface area contributed by atoms with Gasteiger partial charge in [-0.3, -0.25) is 14.4 Å². The van der Waals surface area contributed by atoms with Crippen molar-refractivity contribution in [2.45, 2.75) is 96.8 Å². The molecule has 1 aromatic rings. The highest BCUT2D eigenvalue weighted by molar-refractivity contribution is 6.03. The van der Waals surface area contributed by atoms with E-state index < -0.39 is 5.91 Å². The molecular formula is C29H49N3O5. The van der Waals surface area contributed by atoms with Crippen molar-refractivity contribution in [1.29, 1.82) is 0 Å². The molecule has 0 unspecified atom stereocenters. The average molecular weight is 520 g/mol. The Bertz CT molecular complexity index is 757. The second-order valence-electron chi connectivity index (χ2n) is 9.47. The van der Waals surface area contributed by atoms with E-state index in [1.54, 1.807) is 24.3 Å². The van der Waals surface area contributed by atoms with Gasteiger partial charge in [-0.1, -0.05) is 96.1 Å². The van der Waals surface area contributed by atoms with Gasteiger partial charge in [0.05, 0.1) is 31.1 Å². The topological polar surface area (TPSA) is 120 Å². The Labute approximate surface area is 223 Å². The van der Waals surface area contributed by atoms with Crippen LogP contribution >= 0.6 is 0 Å². The first-order valence-electron chi connectivity index (χ1n) is 14.2. The number of benzene rings is 1. The predicted octanol–water partition coefficient (Wildman–Crippen LogP) is 5.35. The Morgan fingerprint density at radius 3 is 1.92 bits per heavy atom. The summed E-state index contributed by atoms with van der Waals surface area (Å²) in [7, 11) is 0. The van der Waals surface area contributed by atoms with Crippen molar-refractivity contribution in [3.8, 4) is 0 Å². The molecule has 0 radical (unpaired) electrons. The summed E-state index contributed by atoms with van der Waals surface area (Å²) in [5, 5.41) is 5.48. The zero-order valence-electron chi connectivity index (χ0n) is 22.9. The smallest absolute Gasteiger partial charge is 0.250 e. The molecule has 0 aromatic heterocycles. The minimum Gasteiger partial charge on any atom is -0.377 e. The van der Waals surface area contributed by atoms with E-state index in [4.69, 9.17) is 15.2 Å². The second-order valence-corrected chi connectivity index (χ2v) is 9.47. The number of nitrogens with one attached hydrogen (secondary N) is 2. The number of para-hydroxylation sites is 1. The van der Waals surface area contributed by atoms with Crippen molar-refractivity contribution < 1.29 is 23.9 Å². The van der Waals surface area contributed by atoms with Crippen LogP contribution in [0.5, 0.6) is 0 Å². The lowest BCUT2D eigenvalue weighted by molar-refractivity contribution is -0.122. The molecule has 4 N–H and O–H groups in total. The van der Waals surface area contributed by atoms with Gasteiger partial charge in [-0.25, -0.2) is 0 Å². The lowest BCUT2D eigenvalue weighted by Gasteiger charge is -2.09. The second kappa shape index (κ2) is 22.7. The molecule has 3 amide bonds. The number of hydrogen-bond donors (Lipinski definition) is 3. The number of nitrogens with two attached hydrogens (primary N) is 1. The van der Waals surface area contributed by atoms with Crippen molar-refractivity contribution in [3.63, 3.8) is 0 Å². The molecule has 0 aliphatic heterocycles. The number of ether oxygens (including phenoxy) is 2. The molecule has 0 spiro atoms. The number of unbranched alkanes of at least 4 members (excludes halogenated alkanes) is 12. The van der Waals surface area contributed by atoms with E-state index in [1.165, 1.54) is 70.6 Å².